The maximum Gasteiger partial charge on any atom is 0.122 e. The second kappa shape index (κ2) is 9.64. The lowest BCUT2D eigenvalue weighted by Gasteiger charge is -2.47. The number of hydrogen-bond acceptors (Lipinski definition) is 4. The minimum absolute atomic E-state index is 0.0581. The number of para-hydroxylation sites is 1. The molecule has 1 heterocycles. The topological polar surface area (TPSA) is 39.7 Å². The Morgan fingerprint density at radius 3 is 2.48 bits per heavy atom. The fraction of sp³-hybridized carbons (Fsp3) is 0.520. The average molecular weight is 398 g/mol. The largest absolute Gasteiger partial charge is 0.497 e. The van der Waals surface area contributed by atoms with E-state index in [1.54, 1.807) is 14.2 Å². The Hall–Kier alpha value is -2.04. The Bertz CT molecular complexity index is 776. The van der Waals surface area contributed by atoms with Gasteiger partial charge in [-0.25, -0.2) is 0 Å². The first kappa shape index (κ1) is 21.7. The van der Waals surface area contributed by atoms with Gasteiger partial charge in [0.05, 0.1) is 19.8 Å². The third kappa shape index (κ3) is 5.12. The Kier molecular flexibility index (Phi) is 7.20. The second-order valence-corrected chi connectivity index (χ2v) is 8.33. The molecule has 3 rings (SSSR count). The van der Waals surface area contributed by atoms with E-state index >= 15 is 0 Å². The summed E-state index contributed by atoms with van der Waals surface area (Å²) in [7, 11) is 3.47. The molecular formula is C25H35NO3. The summed E-state index contributed by atoms with van der Waals surface area (Å²) >= 11 is 0. The van der Waals surface area contributed by atoms with Gasteiger partial charge in [0, 0.05) is 24.1 Å². The first-order chi connectivity index (χ1) is 14.0. The van der Waals surface area contributed by atoms with Crippen LogP contribution in [-0.2, 0) is 16.7 Å². The molecule has 0 bridgehead atoms. The van der Waals surface area contributed by atoms with Crippen LogP contribution in [0.1, 0.15) is 50.7 Å². The quantitative estimate of drug-likeness (QED) is 0.598. The highest BCUT2D eigenvalue weighted by Gasteiger charge is 2.44. The molecule has 158 valence electrons. The lowest BCUT2D eigenvalue weighted by atomic mass is 9.66. The van der Waals surface area contributed by atoms with Crippen LogP contribution in [0.2, 0.25) is 0 Å². The first-order valence-corrected chi connectivity index (χ1v) is 10.7. The van der Waals surface area contributed by atoms with Crippen LogP contribution >= 0.6 is 0 Å². The number of ether oxygens (including phenoxy) is 3. The Morgan fingerprint density at radius 2 is 1.79 bits per heavy atom. The average Bonchev–Trinajstić information content (AvgIpc) is 2.77. The molecule has 0 saturated carbocycles. The van der Waals surface area contributed by atoms with Crippen molar-refractivity contribution in [1.29, 1.82) is 0 Å². The van der Waals surface area contributed by atoms with Crippen molar-refractivity contribution in [3.05, 3.63) is 59.7 Å². The molecule has 1 fully saturated rings. The van der Waals surface area contributed by atoms with Crippen LogP contribution in [0.15, 0.2) is 48.5 Å². The molecule has 0 spiro atoms. The fourth-order valence-corrected chi connectivity index (χ4v) is 4.54. The molecule has 2 atom stereocenters. The summed E-state index contributed by atoms with van der Waals surface area (Å²) in [5.41, 5.74) is 2.55. The number of methoxy groups -OCH3 is 2. The van der Waals surface area contributed by atoms with E-state index in [9.17, 15) is 0 Å². The Labute approximate surface area is 175 Å². The molecule has 1 aliphatic rings. The minimum Gasteiger partial charge on any atom is -0.497 e. The van der Waals surface area contributed by atoms with Crippen LogP contribution in [0.3, 0.4) is 0 Å². The maximum atomic E-state index is 6.19. The summed E-state index contributed by atoms with van der Waals surface area (Å²) in [6.45, 7) is 7.07. The van der Waals surface area contributed by atoms with Crippen LogP contribution in [0.25, 0.3) is 0 Å². The van der Waals surface area contributed by atoms with Gasteiger partial charge in [-0.1, -0.05) is 37.3 Å². The molecular weight excluding hydrogens is 362 g/mol. The molecule has 0 unspecified atom stereocenters. The van der Waals surface area contributed by atoms with Crippen LogP contribution in [0.4, 0.5) is 0 Å². The van der Waals surface area contributed by atoms with Gasteiger partial charge in [-0.05, 0) is 62.9 Å². The number of nitrogens with one attached hydrogen (secondary N) is 1. The van der Waals surface area contributed by atoms with E-state index in [0.29, 0.717) is 0 Å². The monoisotopic (exact) mass is 397 g/mol. The molecule has 4 nitrogen and oxygen atoms in total. The van der Waals surface area contributed by atoms with E-state index in [0.717, 1.165) is 56.9 Å². The SMILES string of the molecule is CC[C@]1(C)C[C@](CCNCc2ccc(OC)cc2)(c2ccccc2OC)CCO1. The normalized spacial score (nSPS) is 24.3. The third-order valence-electron chi connectivity index (χ3n) is 6.44. The molecule has 0 aromatic heterocycles. The van der Waals surface area contributed by atoms with Crippen molar-refractivity contribution < 1.29 is 14.2 Å². The van der Waals surface area contributed by atoms with Gasteiger partial charge in [0.15, 0.2) is 0 Å². The van der Waals surface area contributed by atoms with Gasteiger partial charge >= 0.3 is 0 Å². The van der Waals surface area contributed by atoms with E-state index in [4.69, 9.17) is 14.2 Å². The van der Waals surface area contributed by atoms with Crippen molar-refractivity contribution in [2.24, 2.45) is 0 Å². The predicted octanol–water partition coefficient (Wildman–Crippen LogP) is 5.10. The van der Waals surface area contributed by atoms with Crippen molar-refractivity contribution in [3.63, 3.8) is 0 Å². The molecule has 4 heteroatoms. The number of benzene rings is 2. The van der Waals surface area contributed by atoms with Crippen LogP contribution in [-0.4, -0.2) is 33.0 Å². The van der Waals surface area contributed by atoms with Crippen molar-refractivity contribution in [1.82, 2.24) is 5.32 Å². The molecule has 29 heavy (non-hydrogen) atoms. The van der Waals surface area contributed by atoms with E-state index in [2.05, 4.69) is 55.6 Å². The first-order valence-electron chi connectivity index (χ1n) is 10.7. The zero-order valence-electron chi connectivity index (χ0n) is 18.3. The molecule has 0 amide bonds. The highest BCUT2D eigenvalue weighted by atomic mass is 16.5. The molecule has 2 aromatic rings. The van der Waals surface area contributed by atoms with Gasteiger partial charge in [-0.3, -0.25) is 0 Å². The van der Waals surface area contributed by atoms with Crippen LogP contribution in [0.5, 0.6) is 11.5 Å². The van der Waals surface area contributed by atoms with Crippen LogP contribution < -0.4 is 14.8 Å². The van der Waals surface area contributed by atoms with E-state index in [-0.39, 0.29) is 11.0 Å². The van der Waals surface area contributed by atoms with Crippen molar-refractivity contribution in [2.75, 3.05) is 27.4 Å². The van der Waals surface area contributed by atoms with E-state index in [1.165, 1.54) is 11.1 Å². The zero-order valence-corrected chi connectivity index (χ0v) is 18.3. The lowest BCUT2D eigenvalue weighted by molar-refractivity contribution is -0.0982. The summed E-state index contributed by atoms with van der Waals surface area (Å²) in [6, 6.07) is 16.8. The van der Waals surface area contributed by atoms with E-state index in [1.807, 2.05) is 12.1 Å². The van der Waals surface area contributed by atoms with Gasteiger partial charge in [-0.15, -0.1) is 0 Å². The van der Waals surface area contributed by atoms with Gasteiger partial charge in [0.1, 0.15) is 11.5 Å². The van der Waals surface area contributed by atoms with Crippen molar-refractivity contribution in [2.45, 2.75) is 57.1 Å². The second-order valence-electron chi connectivity index (χ2n) is 8.33. The summed E-state index contributed by atoms with van der Waals surface area (Å²) in [6.07, 6.45) is 4.11. The molecule has 1 saturated heterocycles. The Morgan fingerprint density at radius 1 is 1.03 bits per heavy atom. The third-order valence-corrected chi connectivity index (χ3v) is 6.44. The standard InChI is InChI=1S/C25H35NO3/c1-5-24(2)19-25(15-17-29-24,22-8-6-7-9-23(22)28-4)14-16-26-18-20-10-12-21(27-3)13-11-20/h6-13,26H,5,14-19H2,1-4H3/t24-,25-/m1/s1. The van der Waals surface area contributed by atoms with Crippen molar-refractivity contribution >= 4 is 0 Å². The zero-order chi connectivity index (χ0) is 20.7. The maximum absolute atomic E-state index is 6.19. The molecule has 2 aromatic carbocycles. The summed E-state index contributed by atoms with van der Waals surface area (Å²) < 4.78 is 17.2. The molecule has 0 aliphatic carbocycles. The smallest absolute Gasteiger partial charge is 0.122 e. The predicted molar refractivity (Wildman–Crippen MR) is 118 cm³/mol. The fourth-order valence-electron chi connectivity index (χ4n) is 4.54. The van der Waals surface area contributed by atoms with Gasteiger partial charge in [0.25, 0.3) is 0 Å². The van der Waals surface area contributed by atoms with Gasteiger partial charge in [-0.2, -0.15) is 0 Å². The summed E-state index contributed by atoms with van der Waals surface area (Å²) in [5.74, 6) is 1.88. The van der Waals surface area contributed by atoms with Gasteiger partial charge < -0.3 is 19.5 Å². The molecule has 1 aliphatic heterocycles. The number of rotatable bonds is 9. The lowest BCUT2D eigenvalue weighted by Crippen LogP contribution is -2.46. The number of hydrogen-bond donors (Lipinski definition) is 1. The van der Waals surface area contributed by atoms with Crippen molar-refractivity contribution in [3.8, 4) is 11.5 Å². The molecule has 1 N–H and O–H groups in total. The summed E-state index contributed by atoms with van der Waals surface area (Å²) in [4.78, 5) is 0. The highest BCUT2D eigenvalue weighted by Crippen LogP contribution is 2.47. The highest BCUT2D eigenvalue weighted by molar-refractivity contribution is 5.40. The molecule has 0 radical (unpaired) electrons. The van der Waals surface area contributed by atoms with Crippen LogP contribution in [0, 0.1) is 0 Å². The van der Waals surface area contributed by atoms with Gasteiger partial charge in [0.2, 0.25) is 0 Å². The van der Waals surface area contributed by atoms with E-state index < -0.39 is 0 Å². The summed E-state index contributed by atoms with van der Waals surface area (Å²) in [5, 5.41) is 3.64. The minimum atomic E-state index is -0.0882. The Balaban J connectivity index is 1.73.